The second-order valence-corrected chi connectivity index (χ2v) is 7.45. The number of nitrogens with zero attached hydrogens (tertiary/aromatic N) is 3. The van der Waals surface area contributed by atoms with Gasteiger partial charge in [0.2, 0.25) is 0 Å². The second kappa shape index (κ2) is 5.62. The maximum absolute atomic E-state index is 13.0. The summed E-state index contributed by atoms with van der Waals surface area (Å²) in [6.07, 6.45) is 10.9. The summed E-state index contributed by atoms with van der Waals surface area (Å²) in [5.74, 6) is 0.165. The smallest absolute Gasteiger partial charge is 0.254 e. The lowest BCUT2D eigenvalue weighted by molar-refractivity contribution is 0.0732. The van der Waals surface area contributed by atoms with Crippen molar-refractivity contribution in [3.05, 3.63) is 60.2 Å². The molecule has 124 valence electrons. The Balaban J connectivity index is 1.56. The topological polar surface area (TPSA) is 38.1 Å². The first kappa shape index (κ1) is 15.2. The Kier molecular flexibility index (Phi) is 3.56. The van der Waals surface area contributed by atoms with Crippen LogP contribution in [-0.2, 0) is 0 Å². The third-order valence-corrected chi connectivity index (χ3v) is 5.46. The van der Waals surface area contributed by atoms with Crippen molar-refractivity contribution in [1.29, 1.82) is 0 Å². The molecule has 2 unspecified atom stereocenters. The van der Waals surface area contributed by atoms with E-state index in [2.05, 4.69) is 29.8 Å². The maximum atomic E-state index is 13.0. The van der Waals surface area contributed by atoms with Crippen molar-refractivity contribution in [3.63, 3.8) is 0 Å². The number of aromatic nitrogens is 2. The summed E-state index contributed by atoms with van der Waals surface area (Å²) in [6, 6.07) is 8.18. The average Bonchev–Trinajstić information content (AvgIpc) is 3.20. The maximum Gasteiger partial charge on any atom is 0.254 e. The molecule has 0 N–H and O–H groups in total. The monoisotopic (exact) mass is 321 g/mol. The molecule has 1 aromatic heterocycles. The van der Waals surface area contributed by atoms with E-state index in [9.17, 15) is 4.79 Å². The number of hydrogen-bond donors (Lipinski definition) is 0. The zero-order chi connectivity index (χ0) is 16.7. The van der Waals surface area contributed by atoms with Gasteiger partial charge >= 0.3 is 0 Å². The molecule has 1 aliphatic heterocycles. The van der Waals surface area contributed by atoms with Gasteiger partial charge in [0.25, 0.3) is 5.91 Å². The van der Waals surface area contributed by atoms with Gasteiger partial charge in [-0.25, -0.2) is 4.98 Å². The van der Waals surface area contributed by atoms with E-state index in [-0.39, 0.29) is 11.3 Å². The van der Waals surface area contributed by atoms with Crippen LogP contribution >= 0.6 is 0 Å². The highest BCUT2D eigenvalue weighted by Crippen LogP contribution is 2.47. The Morgan fingerprint density at radius 2 is 2.12 bits per heavy atom. The highest BCUT2D eigenvalue weighted by Gasteiger charge is 2.46. The minimum absolute atomic E-state index is 0.165. The number of allylic oxidation sites excluding steroid dienone is 1. The van der Waals surface area contributed by atoms with Crippen LogP contribution in [0.15, 0.2) is 54.6 Å². The first-order valence-corrected chi connectivity index (χ1v) is 8.61. The van der Waals surface area contributed by atoms with E-state index in [1.807, 2.05) is 35.0 Å². The highest BCUT2D eigenvalue weighted by molar-refractivity contribution is 5.95. The molecule has 0 spiro atoms. The Morgan fingerprint density at radius 3 is 2.79 bits per heavy atom. The van der Waals surface area contributed by atoms with E-state index >= 15 is 0 Å². The van der Waals surface area contributed by atoms with E-state index in [1.165, 1.54) is 5.57 Å². The average molecular weight is 321 g/mol. The van der Waals surface area contributed by atoms with Gasteiger partial charge < -0.3 is 9.47 Å². The fourth-order valence-corrected chi connectivity index (χ4v) is 4.33. The van der Waals surface area contributed by atoms with Crippen molar-refractivity contribution >= 4 is 5.91 Å². The van der Waals surface area contributed by atoms with Gasteiger partial charge in [0.05, 0.1) is 6.33 Å². The molecule has 1 aliphatic carbocycles. The summed E-state index contributed by atoms with van der Waals surface area (Å²) in [4.78, 5) is 19.2. The van der Waals surface area contributed by atoms with Crippen LogP contribution in [0.4, 0.5) is 0 Å². The molecule has 4 heteroatoms. The van der Waals surface area contributed by atoms with E-state index < -0.39 is 0 Å². The molecule has 1 amide bonds. The Hall–Kier alpha value is -2.36. The molecule has 0 radical (unpaired) electrons. The van der Waals surface area contributed by atoms with Gasteiger partial charge in [-0.15, -0.1) is 0 Å². The van der Waals surface area contributed by atoms with Gasteiger partial charge in [0.15, 0.2) is 0 Å². The van der Waals surface area contributed by atoms with Gasteiger partial charge in [-0.05, 0) is 55.9 Å². The molecule has 1 aromatic carbocycles. The SMILES string of the molecule is C/C=C1/CC2CC(C)(C1)CN2C(=O)c1ccc(-n2ccnc2)cc1. The van der Waals surface area contributed by atoms with Crippen molar-refractivity contribution in [2.45, 2.75) is 39.2 Å². The van der Waals surface area contributed by atoms with Gasteiger partial charge in [0, 0.05) is 36.2 Å². The van der Waals surface area contributed by atoms with E-state index in [1.54, 1.807) is 12.5 Å². The minimum Gasteiger partial charge on any atom is -0.335 e. The summed E-state index contributed by atoms with van der Waals surface area (Å²) in [5.41, 5.74) is 3.54. The molecule has 1 saturated heterocycles. The third-order valence-electron chi connectivity index (χ3n) is 5.46. The number of fused-ring (bicyclic) bond motifs is 2. The zero-order valence-electron chi connectivity index (χ0n) is 14.3. The van der Waals surface area contributed by atoms with E-state index in [0.717, 1.165) is 37.1 Å². The number of rotatable bonds is 2. The van der Waals surface area contributed by atoms with Crippen LogP contribution in [0, 0.1) is 5.41 Å². The van der Waals surface area contributed by atoms with Crippen molar-refractivity contribution in [1.82, 2.24) is 14.5 Å². The van der Waals surface area contributed by atoms with Crippen LogP contribution in [0.2, 0.25) is 0 Å². The summed E-state index contributed by atoms with van der Waals surface area (Å²) >= 11 is 0. The van der Waals surface area contributed by atoms with Crippen molar-refractivity contribution < 1.29 is 4.79 Å². The Morgan fingerprint density at radius 1 is 1.33 bits per heavy atom. The number of hydrogen-bond acceptors (Lipinski definition) is 2. The summed E-state index contributed by atoms with van der Waals surface area (Å²) in [7, 11) is 0. The molecule has 4 nitrogen and oxygen atoms in total. The van der Waals surface area contributed by atoms with Crippen LogP contribution in [0.25, 0.3) is 5.69 Å². The summed E-state index contributed by atoms with van der Waals surface area (Å²) in [5, 5.41) is 0. The predicted octanol–water partition coefficient (Wildman–Crippen LogP) is 3.83. The Labute approximate surface area is 142 Å². The number of benzene rings is 1. The number of amides is 1. The first-order valence-electron chi connectivity index (χ1n) is 8.61. The predicted molar refractivity (Wildman–Crippen MR) is 94.1 cm³/mol. The number of carbonyl (C=O) groups is 1. The van der Waals surface area contributed by atoms with Crippen molar-refractivity contribution in [2.24, 2.45) is 5.41 Å². The lowest BCUT2D eigenvalue weighted by Gasteiger charge is -2.29. The molecule has 2 aliphatic rings. The van der Waals surface area contributed by atoms with E-state index in [0.29, 0.717) is 6.04 Å². The van der Waals surface area contributed by atoms with E-state index in [4.69, 9.17) is 0 Å². The van der Waals surface area contributed by atoms with Crippen LogP contribution in [0.1, 0.15) is 43.5 Å². The zero-order valence-corrected chi connectivity index (χ0v) is 14.3. The van der Waals surface area contributed by atoms with Crippen LogP contribution in [-0.4, -0.2) is 32.9 Å². The van der Waals surface area contributed by atoms with Gasteiger partial charge in [-0.3, -0.25) is 4.79 Å². The number of likely N-dealkylation sites (tertiary alicyclic amines) is 1. The lowest BCUT2D eigenvalue weighted by Crippen LogP contribution is -2.35. The molecular formula is C20H23N3O. The second-order valence-electron chi connectivity index (χ2n) is 7.45. The number of imidazole rings is 1. The third kappa shape index (κ3) is 2.56. The minimum atomic E-state index is 0.165. The molecule has 2 aromatic rings. The fourth-order valence-electron chi connectivity index (χ4n) is 4.33. The van der Waals surface area contributed by atoms with Crippen molar-refractivity contribution in [3.8, 4) is 5.69 Å². The molecule has 2 bridgehead atoms. The van der Waals surface area contributed by atoms with Gasteiger partial charge in [-0.2, -0.15) is 0 Å². The molecule has 4 rings (SSSR count). The molecule has 2 fully saturated rings. The van der Waals surface area contributed by atoms with Crippen LogP contribution in [0.3, 0.4) is 0 Å². The Bertz CT molecular complexity index is 776. The van der Waals surface area contributed by atoms with Gasteiger partial charge in [0.1, 0.15) is 0 Å². The lowest BCUT2D eigenvalue weighted by atomic mass is 9.75. The quantitative estimate of drug-likeness (QED) is 0.788. The first-order chi connectivity index (χ1) is 11.6. The summed E-state index contributed by atoms with van der Waals surface area (Å²) in [6.45, 7) is 5.31. The largest absolute Gasteiger partial charge is 0.335 e. The van der Waals surface area contributed by atoms with Gasteiger partial charge in [-0.1, -0.05) is 18.6 Å². The molecule has 2 atom stereocenters. The van der Waals surface area contributed by atoms with Crippen LogP contribution < -0.4 is 0 Å². The van der Waals surface area contributed by atoms with Crippen molar-refractivity contribution in [2.75, 3.05) is 6.54 Å². The molecule has 1 saturated carbocycles. The molecule has 24 heavy (non-hydrogen) atoms. The highest BCUT2D eigenvalue weighted by atomic mass is 16.2. The molecular weight excluding hydrogens is 298 g/mol. The standard InChI is InChI=1S/C20H23N3O/c1-3-15-10-18-12-20(2,11-15)13-23(18)19(24)16-4-6-17(7-5-16)22-9-8-21-14-22/h3-9,14,18H,10-13H2,1-2H3/b15-3-. The fraction of sp³-hybridized carbons (Fsp3) is 0.400. The molecule has 2 heterocycles. The normalized spacial score (nSPS) is 27.7. The van der Waals surface area contributed by atoms with Crippen LogP contribution in [0.5, 0.6) is 0 Å². The number of carbonyl (C=O) groups excluding carboxylic acids is 1. The summed E-state index contributed by atoms with van der Waals surface area (Å²) < 4.78 is 1.94.